The van der Waals surface area contributed by atoms with E-state index < -0.39 is 109 Å². The van der Waals surface area contributed by atoms with Crippen LogP contribution in [0.5, 0.6) is 0 Å². The van der Waals surface area contributed by atoms with Gasteiger partial charge in [0, 0.05) is 124 Å². The SMILES string of the molecule is CC(CC(=O)CCCC(=O)OCOCC(COCC(COCOC(=O)CCCC(=O)CCCSS(C)(=O)=O)OCOC(=O)CCCC(=O)CCCSS(C)(=O)=O)OCOC(=O)CCCC(=O)CC(C)SS(C)(=O)=O)SS(C)(=O)=O. The first-order chi connectivity index (χ1) is 36.8. The van der Waals surface area contributed by atoms with Crippen LogP contribution in [0.25, 0.3) is 0 Å². The predicted octanol–water partition coefficient (Wildman–Crippen LogP) is 4.66. The van der Waals surface area contributed by atoms with E-state index in [4.69, 9.17) is 42.6 Å². The number of esters is 4. The molecule has 0 radical (unpaired) electrons. The van der Waals surface area contributed by atoms with E-state index in [0.29, 0.717) is 34.4 Å². The van der Waals surface area contributed by atoms with Crippen LogP contribution >= 0.6 is 43.2 Å². The van der Waals surface area contributed by atoms with E-state index in [1.165, 1.54) is 0 Å². The molecule has 0 spiro atoms. The van der Waals surface area contributed by atoms with Crippen molar-refractivity contribution >= 4 is 126 Å². The molecule has 0 fully saturated rings. The maximum Gasteiger partial charge on any atom is 0.307 e. The fourth-order valence-electron chi connectivity index (χ4n) is 6.31. The van der Waals surface area contributed by atoms with Gasteiger partial charge in [-0.2, -0.15) is 0 Å². The number of hydrogen-bond acceptors (Lipinski definition) is 29. The third-order valence-corrected chi connectivity index (χ3v) is 20.8. The molecule has 0 heterocycles. The molecule has 0 saturated carbocycles. The molecule has 33 heteroatoms. The summed E-state index contributed by atoms with van der Waals surface area (Å²) >= 11 is 0. The van der Waals surface area contributed by atoms with E-state index in [1.54, 1.807) is 13.8 Å². The maximum absolute atomic E-state index is 12.5. The molecule has 79 heavy (non-hydrogen) atoms. The third kappa shape index (κ3) is 53.3. The van der Waals surface area contributed by atoms with Crippen LogP contribution in [0, 0.1) is 0 Å². The number of ether oxygens (including phenoxy) is 9. The van der Waals surface area contributed by atoms with Gasteiger partial charge in [-0.15, -0.1) is 0 Å². The zero-order valence-corrected chi connectivity index (χ0v) is 52.1. The fourth-order valence-corrected chi connectivity index (χ4v) is 15.7. The average Bonchev–Trinajstić information content (AvgIpc) is 3.29. The zero-order valence-electron chi connectivity index (χ0n) is 45.6. The quantitative estimate of drug-likeness (QED) is 0.0263. The first kappa shape index (κ1) is 76.6. The molecule has 460 valence electrons. The van der Waals surface area contributed by atoms with Gasteiger partial charge < -0.3 is 42.6 Å². The second-order valence-electron chi connectivity index (χ2n) is 17.9. The molecule has 4 unspecified atom stereocenters. The van der Waals surface area contributed by atoms with Crippen LogP contribution in [-0.2, 0) is 116 Å². The predicted molar refractivity (Wildman–Crippen MR) is 298 cm³/mol. The molecule has 0 aromatic carbocycles. The van der Waals surface area contributed by atoms with Crippen molar-refractivity contribution in [2.75, 3.05) is 90.1 Å². The van der Waals surface area contributed by atoms with Crippen molar-refractivity contribution in [3.63, 3.8) is 0 Å². The molecule has 0 aliphatic carbocycles. The van der Waals surface area contributed by atoms with Gasteiger partial charge >= 0.3 is 23.9 Å². The van der Waals surface area contributed by atoms with Gasteiger partial charge in [0.25, 0.3) is 0 Å². The third-order valence-electron chi connectivity index (χ3n) is 9.72. The number of ketones is 4. The standard InChI is InChI=1S/C46H78O25S8/c1-35(74-78(5,59)60)25-39(49)15-9-21-44(52)69-32-65-30-42(67-34-71-46(54)22-10-16-40(50)26-36(2)75-79(6,61)62)28-63-27-41(66-33-70-45(53)20-8-14-38(48)18-12-24-73-77(4,57)58)29-64-31-68-43(51)19-7-13-37(47)17-11-23-72-76(3,55)56/h35-36,41-42H,7-34H2,1-6H3. The summed E-state index contributed by atoms with van der Waals surface area (Å²) in [5, 5.41) is -0.943. The van der Waals surface area contributed by atoms with Crippen molar-refractivity contribution in [3.05, 3.63) is 0 Å². The second-order valence-corrected chi connectivity index (χ2v) is 36.6. The Kier molecular flexibility index (Phi) is 41.9. The molecule has 0 bridgehead atoms. The summed E-state index contributed by atoms with van der Waals surface area (Å²) in [4.78, 5) is 98.6. The highest BCUT2D eigenvalue weighted by Gasteiger charge is 2.20. The Morgan fingerprint density at radius 2 is 0.633 bits per heavy atom. The lowest BCUT2D eigenvalue weighted by Gasteiger charge is -2.21. The van der Waals surface area contributed by atoms with Gasteiger partial charge in [0.2, 0.25) is 0 Å². The number of rotatable bonds is 52. The van der Waals surface area contributed by atoms with E-state index >= 15 is 0 Å². The Bertz CT molecular complexity index is 2330. The molecule has 0 rings (SSSR count). The molecule has 25 nitrogen and oxygen atoms in total. The number of carbonyl (C=O) groups excluding carboxylic acids is 8. The monoisotopic (exact) mass is 1290 g/mol. The van der Waals surface area contributed by atoms with E-state index in [2.05, 4.69) is 0 Å². The Balaban J connectivity index is 5.55. The molecule has 0 saturated heterocycles. The van der Waals surface area contributed by atoms with Crippen LogP contribution in [0.2, 0.25) is 0 Å². The Labute approximate surface area is 479 Å². The molecular formula is C46H78O25S8. The molecule has 0 N–H and O–H groups in total. The summed E-state index contributed by atoms with van der Waals surface area (Å²) in [7, 11) is -10.3. The van der Waals surface area contributed by atoms with Crippen molar-refractivity contribution in [1.29, 1.82) is 0 Å². The van der Waals surface area contributed by atoms with Gasteiger partial charge in [-0.25, -0.2) is 33.7 Å². The van der Waals surface area contributed by atoms with Crippen LogP contribution in [0.4, 0.5) is 0 Å². The Morgan fingerprint density at radius 1 is 0.354 bits per heavy atom. The van der Waals surface area contributed by atoms with E-state index in [-0.39, 0.29) is 164 Å². The van der Waals surface area contributed by atoms with Gasteiger partial charge in [0.05, 0.1) is 26.4 Å². The lowest BCUT2D eigenvalue weighted by atomic mass is 10.1. The summed E-state index contributed by atoms with van der Waals surface area (Å²) in [6.07, 6.45) is 3.47. The highest BCUT2D eigenvalue weighted by Crippen LogP contribution is 2.23. The van der Waals surface area contributed by atoms with E-state index in [1.807, 2.05) is 0 Å². The zero-order chi connectivity index (χ0) is 59.9. The molecule has 0 aromatic heterocycles. The number of carbonyl (C=O) groups is 8. The minimum Gasteiger partial charge on any atom is -0.438 e. The molecule has 0 aliphatic heterocycles. The van der Waals surface area contributed by atoms with Crippen LogP contribution in [0.3, 0.4) is 0 Å². The van der Waals surface area contributed by atoms with Crippen molar-refractivity contribution in [1.82, 2.24) is 0 Å². The normalized spacial score (nSPS) is 13.6. The van der Waals surface area contributed by atoms with Gasteiger partial charge in [0.15, 0.2) is 62.6 Å². The molecular weight excluding hydrogens is 1210 g/mol. The maximum atomic E-state index is 12.5. The highest BCUT2D eigenvalue weighted by atomic mass is 33.2. The van der Waals surface area contributed by atoms with E-state index in [0.717, 1.165) is 46.6 Å². The highest BCUT2D eigenvalue weighted by molar-refractivity contribution is 8.72. The van der Waals surface area contributed by atoms with Gasteiger partial charge in [0.1, 0.15) is 35.3 Å². The first-order valence-electron chi connectivity index (χ1n) is 24.9. The lowest BCUT2D eigenvalue weighted by molar-refractivity contribution is -0.185. The summed E-state index contributed by atoms with van der Waals surface area (Å²) < 4.78 is 140. The van der Waals surface area contributed by atoms with Crippen LogP contribution < -0.4 is 0 Å². The van der Waals surface area contributed by atoms with Gasteiger partial charge in [-0.3, -0.25) is 38.4 Å². The van der Waals surface area contributed by atoms with Crippen molar-refractivity contribution in [2.45, 2.75) is 152 Å². The fraction of sp³-hybridized carbons (Fsp3) is 0.826. The summed E-state index contributed by atoms with van der Waals surface area (Å²) in [6.45, 7) is -0.273. The van der Waals surface area contributed by atoms with Crippen molar-refractivity contribution in [2.24, 2.45) is 0 Å². The first-order valence-corrected chi connectivity index (χ1v) is 38.3. The molecule has 0 aromatic rings. The second kappa shape index (κ2) is 43.2. The van der Waals surface area contributed by atoms with Crippen LogP contribution in [0.15, 0.2) is 0 Å². The Hall–Kier alpha value is -2.44. The van der Waals surface area contributed by atoms with Crippen LogP contribution in [0.1, 0.15) is 129 Å². The lowest BCUT2D eigenvalue weighted by Crippen LogP contribution is -2.32. The topological polar surface area (TPSA) is 356 Å². The summed E-state index contributed by atoms with van der Waals surface area (Å²) in [5.41, 5.74) is 0. The van der Waals surface area contributed by atoms with Crippen LogP contribution in [-0.4, -0.2) is 194 Å². The number of hydrogen-bond donors (Lipinski definition) is 0. The van der Waals surface area contributed by atoms with Gasteiger partial charge in [-0.1, -0.05) is 13.8 Å². The summed E-state index contributed by atoms with van der Waals surface area (Å²) in [6, 6.07) is 0. The smallest absolute Gasteiger partial charge is 0.307 e. The minimum absolute atomic E-state index is 0.00109. The summed E-state index contributed by atoms with van der Waals surface area (Å²) in [5.74, 6) is -3.02. The van der Waals surface area contributed by atoms with Gasteiger partial charge in [-0.05, 0) is 81.7 Å². The molecule has 0 aliphatic rings. The minimum atomic E-state index is -3.36. The molecule has 0 amide bonds. The number of Topliss-reactive ketones (excluding diaryl/α,β-unsaturated/α-hetero) is 4. The van der Waals surface area contributed by atoms with Crippen molar-refractivity contribution < 1.29 is 115 Å². The largest absolute Gasteiger partial charge is 0.438 e. The Morgan fingerprint density at radius 3 is 0.937 bits per heavy atom. The van der Waals surface area contributed by atoms with Crippen molar-refractivity contribution in [3.8, 4) is 0 Å². The average molecular weight is 1290 g/mol. The molecule has 4 atom stereocenters. The van der Waals surface area contributed by atoms with E-state index in [9.17, 15) is 72.0 Å².